The third kappa shape index (κ3) is 2.87. The van der Waals surface area contributed by atoms with Gasteiger partial charge in [0.2, 0.25) is 5.89 Å². The fourth-order valence-corrected chi connectivity index (χ4v) is 1.78. The molecule has 0 aliphatic carbocycles. The Kier molecular flexibility index (Phi) is 3.31. The molecule has 0 spiro atoms. The van der Waals surface area contributed by atoms with Gasteiger partial charge in [0.15, 0.2) is 5.82 Å². The number of aryl methyl sites for hydroxylation is 1. The Morgan fingerprint density at radius 1 is 1.25 bits per heavy atom. The molecule has 0 bridgehead atoms. The number of hydrogen-bond donors (Lipinski definition) is 1. The van der Waals surface area contributed by atoms with E-state index in [1.807, 2.05) is 0 Å². The van der Waals surface area contributed by atoms with Crippen molar-refractivity contribution in [3.63, 3.8) is 0 Å². The zero-order valence-electron chi connectivity index (χ0n) is 8.50. The smallest absolute Gasteiger partial charge is 0.223 e. The van der Waals surface area contributed by atoms with Crippen LogP contribution in [0.25, 0.3) is 0 Å². The Morgan fingerprint density at radius 3 is 2.50 bits per heavy atom. The molecule has 0 atom stereocenters. The summed E-state index contributed by atoms with van der Waals surface area (Å²) in [5.41, 5.74) is 0.819. The summed E-state index contributed by atoms with van der Waals surface area (Å²) >= 11 is 11.7. The number of hydrogen-bond acceptors (Lipinski definition) is 4. The van der Waals surface area contributed by atoms with Gasteiger partial charge in [-0.05, 0) is 18.2 Å². The molecule has 0 aliphatic rings. The predicted octanol–water partition coefficient (Wildman–Crippen LogP) is 3.30. The lowest BCUT2D eigenvalue weighted by Gasteiger charge is -2.04. The van der Waals surface area contributed by atoms with E-state index in [1.54, 1.807) is 25.1 Å². The Hall–Kier alpha value is -1.26. The van der Waals surface area contributed by atoms with Crippen molar-refractivity contribution in [3.05, 3.63) is 40.0 Å². The summed E-state index contributed by atoms with van der Waals surface area (Å²) in [6.45, 7) is 2.21. The van der Waals surface area contributed by atoms with Gasteiger partial charge < -0.3 is 9.84 Å². The van der Waals surface area contributed by atoms with E-state index >= 15 is 0 Å². The molecule has 2 aromatic rings. The number of aromatic nitrogens is 2. The van der Waals surface area contributed by atoms with Crippen LogP contribution in [-0.4, -0.2) is 10.1 Å². The first kappa shape index (κ1) is 11.2. The summed E-state index contributed by atoms with van der Waals surface area (Å²) < 4.78 is 4.85. The number of benzene rings is 1. The molecule has 0 amide bonds. The number of nitrogens with zero attached hydrogens (tertiary/aromatic N) is 2. The van der Waals surface area contributed by atoms with Gasteiger partial charge >= 0.3 is 0 Å². The molecule has 0 saturated carbocycles. The molecule has 0 aliphatic heterocycles. The minimum Gasteiger partial charge on any atom is -0.378 e. The average Bonchev–Trinajstić information content (AvgIpc) is 2.60. The number of nitrogens with one attached hydrogen (secondary N) is 1. The largest absolute Gasteiger partial charge is 0.378 e. The molecule has 1 aromatic carbocycles. The minimum absolute atomic E-state index is 0.466. The van der Waals surface area contributed by atoms with E-state index in [0.717, 1.165) is 5.69 Å². The first-order chi connectivity index (χ1) is 7.63. The second-order valence-corrected chi connectivity index (χ2v) is 4.11. The summed E-state index contributed by atoms with van der Waals surface area (Å²) in [5.74, 6) is 1.13. The SMILES string of the molecule is Cc1nc(CNc2cc(Cl)cc(Cl)c2)no1. The fourth-order valence-electron chi connectivity index (χ4n) is 1.25. The van der Waals surface area contributed by atoms with Crippen molar-refractivity contribution in [2.45, 2.75) is 13.5 Å². The zero-order chi connectivity index (χ0) is 11.5. The molecule has 1 aromatic heterocycles. The van der Waals surface area contributed by atoms with Gasteiger partial charge in [0, 0.05) is 22.7 Å². The highest BCUT2D eigenvalue weighted by Gasteiger charge is 2.02. The Morgan fingerprint density at radius 2 is 1.94 bits per heavy atom. The highest BCUT2D eigenvalue weighted by molar-refractivity contribution is 6.35. The van der Waals surface area contributed by atoms with E-state index in [9.17, 15) is 0 Å². The molecule has 1 heterocycles. The van der Waals surface area contributed by atoms with Crippen molar-refractivity contribution in [3.8, 4) is 0 Å². The van der Waals surface area contributed by atoms with Crippen LogP contribution in [0.1, 0.15) is 11.7 Å². The molecule has 6 heteroatoms. The van der Waals surface area contributed by atoms with Crippen LogP contribution in [0.5, 0.6) is 0 Å². The van der Waals surface area contributed by atoms with Crippen molar-refractivity contribution in [1.82, 2.24) is 10.1 Å². The van der Waals surface area contributed by atoms with E-state index in [1.165, 1.54) is 0 Å². The summed E-state index contributed by atoms with van der Waals surface area (Å²) in [4.78, 5) is 4.06. The molecule has 4 nitrogen and oxygen atoms in total. The second kappa shape index (κ2) is 4.72. The summed E-state index contributed by atoms with van der Waals surface area (Å²) in [5, 5.41) is 8.03. The lowest BCUT2D eigenvalue weighted by Crippen LogP contribution is -2.01. The van der Waals surface area contributed by atoms with Gasteiger partial charge in [-0.2, -0.15) is 4.98 Å². The van der Waals surface area contributed by atoms with Crippen molar-refractivity contribution in [1.29, 1.82) is 0 Å². The maximum absolute atomic E-state index is 5.86. The van der Waals surface area contributed by atoms with E-state index in [0.29, 0.717) is 28.3 Å². The summed E-state index contributed by atoms with van der Waals surface area (Å²) in [6.07, 6.45) is 0. The molecule has 84 valence electrons. The van der Waals surface area contributed by atoms with Crippen molar-refractivity contribution in [2.75, 3.05) is 5.32 Å². The molecule has 0 radical (unpaired) electrons. The maximum atomic E-state index is 5.86. The maximum Gasteiger partial charge on any atom is 0.223 e. The standard InChI is InChI=1S/C10H9Cl2N3O/c1-6-14-10(15-16-6)5-13-9-3-7(11)2-8(12)4-9/h2-4,13H,5H2,1H3. The molecule has 0 saturated heterocycles. The summed E-state index contributed by atoms with van der Waals surface area (Å²) in [6, 6.07) is 5.23. The molecular weight excluding hydrogens is 249 g/mol. The third-order valence-electron chi connectivity index (χ3n) is 1.88. The molecular formula is C10H9Cl2N3O. The van der Waals surface area contributed by atoms with Crippen LogP contribution >= 0.6 is 23.2 Å². The molecule has 1 N–H and O–H groups in total. The summed E-state index contributed by atoms with van der Waals surface area (Å²) in [7, 11) is 0. The number of halogens is 2. The van der Waals surface area contributed by atoms with E-state index in [-0.39, 0.29) is 0 Å². The average molecular weight is 258 g/mol. The van der Waals surface area contributed by atoms with Crippen LogP contribution in [0.3, 0.4) is 0 Å². The quantitative estimate of drug-likeness (QED) is 0.917. The topological polar surface area (TPSA) is 51.0 Å². The molecule has 0 unspecified atom stereocenters. The van der Waals surface area contributed by atoms with Gasteiger partial charge in [0.25, 0.3) is 0 Å². The predicted molar refractivity (Wildman–Crippen MR) is 62.8 cm³/mol. The van der Waals surface area contributed by atoms with Crippen LogP contribution in [0.2, 0.25) is 10.0 Å². The van der Waals surface area contributed by atoms with Crippen LogP contribution in [0.4, 0.5) is 5.69 Å². The second-order valence-electron chi connectivity index (χ2n) is 3.24. The van der Waals surface area contributed by atoms with Crippen molar-refractivity contribution >= 4 is 28.9 Å². The fraction of sp³-hybridized carbons (Fsp3) is 0.200. The Balaban J connectivity index is 2.04. The van der Waals surface area contributed by atoms with Crippen LogP contribution in [0, 0.1) is 6.92 Å². The van der Waals surface area contributed by atoms with Crippen LogP contribution in [-0.2, 0) is 6.54 Å². The van der Waals surface area contributed by atoms with Gasteiger partial charge in [-0.25, -0.2) is 0 Å². The monoisotopic (exact) mass is 257 g/mol. The van der Waals surface area contributed by atoms with Crippen molar-refractivity contribution in [2.24, 2.45) is 0 Å². The Bertz CT molecular complexity index is 478. The van der Waals surface area contributed by atoms with E-state index in [4.69, 9.17) is 27.7 Å². The lowest BCUT2D eigenvalue weighted by molar-refractivity contribution is 0.388. The van der Waals surface area contributed by atoms with E-state index < -0.39 is 0 Å². The molecule has 2 rings (SSSR count). The minimum atomic E-state index is 0.466. The highest BCUT2D eigenvalue weighted by Crippen LogP contribution is 2.22. The molecule has 0 fully saturated rings. The Labute approximate surface area is 103 Å². The third-order valence-corrected chi connectivity index (χ3v) is 2.32. The van der Waals surface area contributed by atoms with Gasteiger partial charge in [-0.3, -0.25) is 0 Å². The van der Waals surface area contributed by atoms with Gasteiger partial charge in [-0.1, -0.05) is 28.4 Å². The highest BCUT2D eigenvalue weighted by atomic mass is 35.5. The van der Waals surface area contributed by atoms with Gasteiger partial charge in [0.1, 0.15) is 0 Å². The van der Waals surface area contributed by atoms with Gasteiger partial charge in [0.05, 0.1) is 6.54 Å². The number of rotatable bonds is 3. The van der Waals surface area contributed by atoms with Crippen molar-refractivity contribution < 1.29 is 4.52 Å². The van der Waals surface area contributed by atoms with Crippen LogP contribution < -0.4 is 5.32 Å². The van der Waals surface area contributed by atoms with Crippen LogP contribution in [0.15, 0.2) is 22.7 Å². The zero-order valence-corrected chi connectivity index (χ0v) is 10.0. The number of anilines is 1. The lowest BCUT2D eigenvalue weighted by atomic mass is 10.3. The van der Waals surface area contributed by atoms with Gasteiger partial charge in [-0.15, -0.1) is 0 Å². The first-order valence-corrected chi connectivity index (χ1v) is 5.38. The normalized spacial score (nSPS) is 10.4. The molecule has 16 heavy (non-hydrogen) atoms. The first-order valence-electron chi connectivity index (χ1n) is 4.62. The van der Waals surface area contributed by atoms with E-state index in [2.05, 4.69) is 15.5 Å².